The van der Waals surface area contributed by atoms with Gasteiger partial charge in [0.1, 0.15) is 0 Å². The van der Waals surface area contributed by atoms with E-state index < -0.39 is 12.1 Å². The number of anilines is 1. The molecule has 0 aliphatic heterocycles. The molecule has 1 amide bonds. The average molecular weight is 264 g/mol. The Bertz CT molecular complexity index is 472. The van der Waals surface area contributed by atoms with Gasteiger partial charge in [0, 0.05) is 12.2 Å². The van der Waals surface area contributed by atoms with Crippen molar-refractivity contribution in [3.05, 3.63) is 29.3 Å². The number of nitrogens with two attached hydrogens (primary N) is 1. The van der Waals surface area contributed by atoms with Crippen molar-refractivity contribution in [3.8, 4) is 0 Å². The molecule has 0 radical (unpaired) electrons. The Labute approximate surface area is 113 Å². The van der Waals surface area contributed by atoms with Crippen molar-refractivity contribution in [2.24, 2.45) is 0 Å². The van der Waals surface area contributed by atoms with Gasteiger partial charge in [0.05, 0.1) is 5.56 Å². The van der Waals surface area contributed by atoms with Crippen LogP contribution in [-0.4, -0.2) is 24.5 Å². The van der Waals surface area contributed by atoms with Gasteiger partial charge in [-0.25, -0.2) is 4.79 Å². The van der Waals surface area contributed by atoms with Crippen LogP contribution in [0, 0.1) is 6.92 Å². The zero-order valence-electron chi connectivity index (χ0n) is 11.5. The third-order valence-corrected chi connectivity index (χ3v) is 2.67. The fourth-order valence-electron chi connectivity index (χ4n) is 1.59. The van der Waals surface area contributed by atoms with Gasteiger partial charge in [0.2, 0.25) is 0 Å². The summed E-state index contributed by atoms with van der Waals surface area (Å²) in [5.74, 6) is -0.806. The predicted molar refractivity (Wildman–Crippen MR) is 73.8 cm³/mol. The summed E-state index contributed by atoms with van der Waals surface area (Å²) in [6.45, 7) is 5.85. The van der Waals surface area contributed by atoms with Crippen molar-refractivity contribution < 1.29 is 14.3 Å². The van der Waals surface area contributed by atoms with E-state index in [4.69, 9.17) is 10.5 Å². The first-order valence-corrected chi connectivity index (χ1v) is 6.30. The maximum absolute atomic E-state index is 11.9. The van der Waals surface area contributed by atoms with E-state index in [1.54, 1.807) is 32.0 Å². The topological polar surface area (TPSA) is 81.4 Å². The van der Waals surface area contributed by atoms with Crippen molar-refractivity contribution >= 4 is 17.6 Å². The largest absolute Gasteiger partial charge is 0.449 e. The van der Waals surface area contributed by atoms with Gasteiger partial charge >= 0.3 is 5.97 Å². The number of ether oxygens (including phenoxy) is 1. The van der Waals surface area contributed by atoms with Gasteiger partial charge in [-0.05, 0) is 44.0 Å². The van der Waals surface area contributed by atoms with Crippen molar-refractivity contribution in [1.82, 2.24) is 5.32 Å². The van der Waals surface area contributed by atoms with E-state index in [2.05, 4.69) is 5.32 Å². The Morgan fingerprint density at radius 1 is 1.42 bits per heavy atom. The molecule has 0 aliphatic rings. The molecule has 1 rings (SSSR count). The molecule has 0 saturated heterocycles. The van der Waals surface area contributed by atoms with E-state index in [0.29, 0.717) is 17.8 Å². The highest BCUT2D eigenvalue weighted by Crippen LogP contribution is 2.14. The quantitative estimate of drug-likeness (QED) is 0.626. The van der Waals surface area contributed by atoms with Crippen LogP contribution in [0.4, 0.5) is 5.69 Å². The lowest BCUT2D eigenvalue weighted by molar-refractivity contribution is -0.129. The first kappa shape index (κ1) is 15.0. The van der Waals surface area contributed by atoms with Gasteiger partial charge in [0.15, 0.2) is 6.10 Å². The standard InChI is InChI=1S/C14H20N2O3/c1-4-7-16-13(17)10(3)19-14(18)12-6-5-11(15)8-9(12)2/h5-6,8,10H,4,7,15H2,1-3H3,(H,16,17). The minimum atomic E-state index is -0.809. The molecule has 1 aromatic carbocycles. The molecule has 104 valence electrons. The Morgan fingerprint density at radius 2 is 2.11 bits per heavy atom. The number of esters is 1. The van der Waals surface area contributed by atoms with Crippen LogP contribution in [0.5, 0.6) is 0 Å². The van der Waals surface area contributed by atoms with Crippen LogP contribution in [0.1, 0.15) is 36.2 Å². The van der Waals surface area contributed by atoms with E-state index in [0.717, 1.165) is 12.0 Å². The summed E-state index contributed by atoms with van der Waals surface area (Å²) in [6, 6.07) is 4.92. The van der Waals surface area contributed by atoms with Crippen LogP contribution in [0.15, 0.2) is 18.2 Å². The number of hydrogen-bond donors (Lipinski definition) is 2. The highest BCUT2D eigenvalue weighted by Gasteiger charge is 2.19. The monoisotopic (exact) mass is 264 g/mol. The molecule has 0 saturated carbocycles. The SMILES string of the molecule is CCCNC(=O)C(C)OC(=O)c1ccc(N)cc1C. The zero-order chi connectivity index (χ0) is 14.4. The fraction of sp³-hybridized carbons (Fsp3) is 0.429. The maximum atomic E-state index is 11.9. The lowest BCUT2D eigenvalue weighted by Crippen LogP contribution is -2.36. The summed E-state index contributed by atoms with van der Waals surface area (Å²) in [5, 5.41) is 2.68. The van der Waals surface area contributed by atoms with Crippen molar-refractivity contribution in [2.45, 2.75) is 33.3 Å². The second-order valence-electron chi connectivity index (χ2n) is 4.41. The molecule has 1 atom stereocenters. The number of aryl methyl sites for hydroxylation is 1. The minimum Gasteiger partial charge on any atom is -0.449 e. The van der Waals surface area contributed by atoms with Gasteiger partial charge in [0.25, 0.3) is 5.91 Å². The first-order valence-electron chi connectivity index (χ1n) is 6.30. The van der Waals surface area contributed by atoms with Crippen LogP contribution in [0.3, 0.4) is 0 Å². The molecule has 19 heavy (non-hydrogen) atoms. The zero-order valence-corrected chi connectivity index (χ0v) is 11.5. The van der Waals surface area contributed by atoms with Crippen LogP contribution >= 0.6 is 0 Å². The van der Waals surface area contributed by atoms with Gasteiger partial charge < -0.3 is 15.8 Å². The molecule has 0 fully saturated rings. The smallest absolute Gasteiger partial charge is 0.339 e. The normalized spacial score (nSPS) is 11.7. The van der Waals surface area contributed by atoms with E-state index in [9.17, 15) is 9.59 Å². The summed E-state index contributed by atoms with van der Waals surface area (Å²) in [7, 11) is 0. The van der Waals surface area contributed by atoms with E-state index in [1.807, 2.05) is 6.92 Å². The van der Waals surface area contributed by atoms with Gasteiger partial charge in [-0.15, -0.1) is 0 Å². The molecule has 0 aromatic heterocycles. The Morgan fingerprint density at radius 3 is 2.68 bits per heavy atom. The summed E-state index contributed by atoms with van der Waals surface area (Å²) >= 11 is 0. The fourth-order valence-corrected chi connectivity index (χ4v) is 1.59. The number of hydrogen-bond acceptors (Lipinski definition) is 4. The van der Waals surface area contributed by atoms with Gasteiger partial charge in [-0.2, -0.15) is 0 Å². The number of amides is 1. The Balaban J connectivity index is 2.66. The third kappa shape index (κ3) is 4.28. The number of nitrogens with one attached hydrogen (secondary N) is 1. The van der Waals surface area contributed by atoms with Gasteiger partial charge in [-0.1, -0.05) is 6.92 Å². The second kappa shape index (κ2) is 6.78. The van der Waals surface area contributed by atoms with Crippen LogP contribution < -0.4 is 11.1 Å². The number of benzene rings is 1. The lowest BCUT2D eigenvalue weighted by Gasteiger charge is -2.14. The van der Waals surface area contributed by atoms with Crippen molar-refractivity contribution in [2.75, 3.05) is 12.3 Å². The highest BCUT2D eigenvalue weighted by atomic mass is 16.5. The maximum Gasteiger partial charge on any atom is 0.339 e. The Hall–Kier alpha value is -2.04. The number of carbonyl (C=O) groups excluding carboxylic acids is 2. The molecule has 1 aromatic rings. The molecular formula is C14H20N2O3. The van der Waals surface area contributed by atoms with Gasteiger partial charge in [-0.3, -0.25) is 4.79 Å². The molecule has 3 N–H and O–H groups in total. The highest BCUT2D eigenvalue weighted by molar-refractivity contribution is 5.93. The van der Waals surface area contributed by atoms with Crippen molar-refractivity contribution in [3.63, 3.8) is 0 Å². The molecule has 0 bridgehead atoms. The van der Waals surface area contributed by atoms with Crippen LogP contribution in [0.2, 0.25) is 0 Å². The first-order chi connectivity index (χ1) is 8.95. The summed E-state index contributed by atoms with van der Waals surface area (Å²) < 4.78 is 5.12. The van der Waals surface area contributed by atoms with E-state index >= 15 is 0 Å². The summed E-state index contributed by atoms with van der Waals surface area (Å²) in [6.07, 6.45) is 0.0275. The van der Waals surface area contributed by atoms with Crippen LogP contribution in [0.25, 0.3) is 0 Å². The molecule has 5 heteroatoms. The summed E-state index contributed by atoms with van der Waals surface area (Å²) in [4.78, 5) is 23.5. The van der Waals surface area contributed by atoms with E-state index in [1.165, 1.54) is 0 Å². The molecule has 0 spiro atoms. The predicted octanol–water partition coefficient (Wildman–Crippen LogP) is 1.65. The molecular weight excluding hydrogens is 244 g/mol. The number of rotatable bonds is 5. The Kier molecular flexibility index (Phi) is 5.36. The summed E-state index contributed by atoms with van der Waals surface area (Å²) in [5.41, 5.74) is 7.35. The number of carbonyl (C=O) groups is 2. The third-order valence-electron chi connectivity index (χ3n) is 2.67. The molecule has 5 nitrogen and oxygen atoms in total. The minimum absolute atomic E-state index is 0.289. The van der Waals surface area contributed by atoms with Crippen LogP contribution in [-0.2, 0) is 9.53 Å². The molecule has 0 aliphatic carbocycles. The molecule has 0 heterocycles. The number of nitrogen functional groups attached to an aromatic ring is 1. The average Bonchev–Trinajstić information content (AvgIpc) is 2.35. The molecule has 1 unspecified atom stereocenters. The van der Waals surface area contributed by atoms with E-state index in [-0.39, 0.29) is 5.91 Å². The van der Waals surface area contributed by atoms with Crippen molar-refractivity contribution in [1.29, 1.82) is 0 Å². The second-order valence-corrected chi connectivity index (χ2v) is 4.41. The lowest BCUT2D eigenvalue weighted by atomic mass is 10.1.